The van der Waals surface area contributed by atoms with Gasteiger partial charge in [0.2, 0.25) is 6.08 Å². The standard InChI is InChI=1S/C8H17NO3Si/c1-4-5-8(6-9-7-10)13(11-2)12-3/h8,13H,4-6H2,1-3H3. The minimum atomic E-state index is -1.63. The molecule has 0 aliphatic rings. The summed E-state index contributed by atoms with van der Waals surface area (Å²) < 4.78 is 10.5. The van der Waals surface area contributed by atoms with Crippen molar-refractivity contribution >= 4 is 15.4 Å². The van der Waals surface area contributed by atoms with Crippen LogP contribution in [0.3, 0.4) is 0 Å². The lowest BCUT2D eigenvalue weighted by molar-refractivity contribution is 0.263. The fraction of sp³-hybridized carbons (Fsp3) is 0.875. The Morgan fingerprint density at radius 2 is 2.08 bits per heavy atom. The maximum absolute atomic E-state index is 9.95. The van der Waals surface area contributed by atoms with Gasteiger partial charge in [0.15, 0.2) is 0 Å². The highest BCUT2D eigenvalue weighted by atomic mass is 28.3. The van der Waals surface area contributed by atoms with E-state index in [-0.39, 0.29) is 5.54 Å². The van der Waals surface area contributed by atoms with Gasteiger partial charge < -0.3 is 8.85 Å². The van der Waals surface area contributed by atoms with E-state index in [0.29, 0.717) is 6.54 Å². The molecule has 0 amide bonds. The Morgan fingerprint density at radius 3 is 2.46 bits per heavy atom. The normalized spacial score (nSPS) is 12.6. The molecule has 13 heavy (non-hydrogen) atoms. The van der Waals surface area contributed by atoms with Crippen LogP contribution in [0.25, 0.3) is 0 Å². The third-order valence-corrected chi connectivity index (χ3v) is 4.14. The van der Waals surface area contributed by atoms with Gasteiger partial charge in [0.05, 0.1) is 6.54 Å². The molecule has 0 saturated heterocycles. The summed E-state index contributed by atoms with van der Waals surface area (Å²) in [4.78, 5) is 13.5. The molecule has 1 unspecified atom stereocenters. The van der Waals surface area contributed by atoms with Crippen LogP contribution in [0, 0.1) is 0 Å². The fourth-order valence-corrected chi connectivity index (χ4v) is 3.17. The Hall–Kier alpha value is -0.483. The first-order valence-corrected chi connectivity index (χ1v) is 6.00. The maximum atomic E-state index is 9.95. The Balaban J connectivity index is 4.10. The van der Waals surface area contributed by atoms with Crippen molar-refractivity contribution < 1.29 is 13.6 Å². The molecule has 0 bridgehead atoms. The first-order valence-electron chi connectivity index (χ1n) is 4.39. The zero-order chi connectivity index (χ0) is 10.1. The molecular formula is C8H17NO3Si. The van der Waals surface area contributed by atoms with E-state index in [1.807, 2.05) is 0 Å². The van der Waals surface area contributed by atoms with Crippen molar-refractivity contribution in [1.29, 1.82) is 0 Å². The molecule has 0 aromatic rings. The minimum absolute atomic E-state index is 0.279. The van der Waals surface area contributed by atoms with Crippen molar-refractivity contribution in [3.05, 3.63) is 0 Å². The van der Waals surface area contributed by atoms with Gasteiger partial charge in [0.1, 0.15) is 0 Å². The van der Waals surface area contributed by atoms with E-state index in [0.717, 1.165) is 12.8 Å². The monoisotopic (exact) mass is 203 g/mol. The Kier molecular flexibility index (Phi) is 7.83. The Morgan fingerprint density at radius 1 is 1.46 bits per heavy atom. The molecule has 0 heterocycles. The molecule has 0 radical (unpaired) electrons. The summed E-state index contributed by atoms with van der Waals surface area (Å²) >= 11 is 0. The average molecular weight is 203 g/mol. The molecule has 4 nitrogen and oxygen atoms in total. The third kappa shape index (κ3) is 4.95. The van der Waals surface area contributed by atoms with E-state index in [2.05, 4.69) is 11.9 Å². The molecule has 0 N–H and O–H groups in total. The zero-order valence-corrected chi connectivity index (χ0v) is 9.60. The topological polar surface area (TPSA) is 47.9 Å². The van der Waals surface area contributed by atoms with Crippen molar-refractivity contribution in [3.8, 4) is 0 Å². The second kappa shape index (κ2) is 8.13. The van der Waals surface area contributed by atoms with Crippen molar-refractivity contribution in [3.63, 3.8) is 0 Å². The van der Waals surface area contributed by atoms with Crippen LogP contribution in [0.1, 0.15) is 19.8 Å². The van der Waals surface area contributed by atoms with Crippen molar-refractivity contribution in [2.45, 2.75) is 25.3 Å². The van der Waals surface area contributed by atoms with Gasteiger partial charge in [-0.1, -0.05) is 13.3 Å². The number of aliphatic imine (C=N–C) groups is 1. The highest BCUT2D eigenvalue weighted by Crippen LogP contribution is 2.18. The number of nitrogens with zero attached hydrogens (tertiary/aromatic N) is 1. The number of hydrogen-bond acceptors (Lipinski definition) is 4. The number of rotatable bonds is 7. The van der Waals surface area contributed by atoms with Crippen LogP contribution >= 0.6 is 0 Å². The first-order chi connectivity index (χ1) is 6.29. The van der Waals surface area contributed by atoms with Crippen LogP contribution in [0.4, 0.5) is 0 Å². The van der Waals surface area contributed by atoms with E-state index in [1.54, 1.807) is 20.3 Å². The van der Waals surface area contributed by atoms with Gasteiger partial charge in [0, 0.05) is 19.8 Å². The van der Waals surface area contributed by atoms with Gasteiger partial charge in [-0.2, -0.15) is 0 Å². The predicted octanol–water partition coefficient (Wildman–Crippen LogP) is 1.01. The molecule has 0 fully saturated rings. The summed E-state index contributed by atoms with van der Waals surface area (Å²) in [6.45, 7) is 2.57. The highest BCUT2D eigenvalue weighted by Gasteiger charge is 2.23. The largest absolute Gasteiger partial charge is 0.400 e. The third-order valence-electron chi connectivity index (χ3n) is 1.90. The number of hydrogen-bond donors (Lipinski definition) is 0. The molecule has 0 aliphatic heterocycles. The lowest BCUT2D eigenvalue weighted by Gasteiger charge is -2.19. The maximum Gasteiger partial charge on any atom is 0.326 e. The van der Waals surface area contributed by atoms with Gasteiger partial charge in [0.25, 0.3) is 0 Å². The molecule has 5 heteroatoms. The average Bonchev–Trinajstić information content (AvgIpc) is 2.16. The van der Waals surface area contributed by atoms with Crippen LogP contribution in [0.5, 0.6) is 0 Å². The van der Waals surface area contributed by atoms with Crippen molar-refractivity contribution in [2.24, 2.45) is 4.99 Å². The summed E-state index contributed by atoms with van der Waals surface area (Å²) in [5.41, 5.74) is 0.279. The van der Waals surface area contributed by atoms with Crippen LogP contribution < -0.4 is 0 Å². The molecule has 1 atom stereocenters. The molecule has 0 aromatic heterocycles. The predicted molar refractivity (Wildman–Crippen MR) is 52.8 cm³/mol. The van der Waals surface area contributed by atoms with E-state index in [9.17, 15) is 4.79 Å². The molecule has 0 spiro atoms. The SMILES string of the molecule is CCCC(CN=C=O)[SiH](OC)OC. The van der Waals surface area contributed by atoms with Crippen LogP contribution in [-0.2, 0) is 13.6 Å². The summed E-state index contributed by atoms with van der Waals surface area (Å²) in [6.07, 6.45) is 3.59. The minimum Gasteiger partial charge on any atom is -0.400 e. The highest BCUT2D eigenvalue weighted by molar-refractivity contribution is 6.46. The molecule has 76 valence electrons. The van der Waals surface area contributed by atoms with E-state index >= 15 is 0 Å². The Bertz CT molecular complexity index is 167. The number of carbonyl (C=O) groups excluding carboxylic acids is 1. The lowest BCUT2D eigenvalue weighted by atomic mass is 10.2. The summed E-state index contributed by atoms with van der Waals surface area (Å²) in [6, 6.07) is 0. The lowest BCUT2D eigenvalue weighted by Crippen LogP contribution is -2.28. The molecule has 0 aliphatic carbocycles. The van der Waals surface area contributed by atoms with Gasteiger partial charge in [-0.05, 0) is 6.42 Å². The molecular weight excluding hydrogens is 186 g/mol. The van der Waals surface area contributed by atoms with Crippen LogP contribution in [0.2, 0.25) is 5.54 Å². The van der Waals surface area contributed by atoms with Crippen molar-refractivity contribution in [1.82, 2.24) is 0 Å². The van der Waals surface area contributed by atoms with E-state index < -0.39 is 9.28 Å². The second-order valence-electron chi connectivity index (χ2n) is 2.82. The second-order valence-corrected chi connectivity index (χ2v) is 5.44. The molecule has 0 rings (SSSR count). The Labute approximate surface area is 80.8 Å². The van der Waals surface area contributed by atoms with Gasteiger partial charge in [-0.3, -0.25) is 0 Å². The van der Waals surface area contributed by atoms with E-state index in [1.165, 1.54) is 0 Å². The molecule has 0 saturated carbocycles. The fourth-order valence-electron chi connectivity index (χ4n) is 1.32. The van der Waals surface area contributed by atoms with Crippen LogP contribution in [0.15, 0.2) is 4.99 Å². The van der Waals surface area contributed by atoms with Gasteiger partial charge in [-0.25, -0.2) is 9.79 Å². The quantitative estimate of drug-likeness (QED) is 0.352. The smallest absolute Gasteiger partial charge is 0.326 e. The molecule has 0 aromatic carbocycles. The van der Waals surface area contributed by atoms with Gasteiger partial charge >= 0.3 is 9.28 Å². The summed E-state index contributed by atoms with van der Waals surface area (Å²) in [7, 11) is 1.66. The zero-order valence-electron chi connectivity index (χ0n) is 8.45. The van der Waals surface area contributed by atoms with Crippen molar-refractivity contribution in [2.75, 3.05) is 20.8 Å². The first kappa shape index (κ1) is 12.5. The van der Waals surface area contributed by atoms with Gasteiger partial charge in [-0.15, -0.1) is 0 Å². The van der Waals surface area contributed by atoms with Crippen LogP contribution in [-0.4, -0.2) is 36.1 Å². The number of isocyanates is 1. The summed E-state index contributed by atoms with van der Waals surface area (Å²) in [5, 5.41) is 0. The van der Waals surface area contributed by atoms with E-state index in [4.69, 9.17) is 8.85 Å². The summed E-state index contributed by atoms with van der Waals surface area (Å²) in [5.74, 6) is 0.